The number of methoxy groups -OCH3 is 1. The zero-order valence-corrected chi connectivity index (χ0v) is 17.1. The van der Waals surface area contributed by atoms with Crippen LogP contribution in [0.15, 0.2) is 18.2 Å². The first-order valence-corrected chi connectivity index (χ1v) is 10.5. The van der Waals surface area contributed by atoms with Crippen LogP contribution in [0.25, 0.3) is 0 Å². The Bertz CT molecular complexity index is 824. The predicted molar refractivity (Wildman–Crippen MR) is 107 cm³/mol. The highest BCUT2D eigenvalue weighted by Gasteiger charge is 2.35. The second-order valence-corrected chi connectivity index (χ2v) is 9.70. The Hall–Kier alpha value is -1.52. The van der Waals surface area contributed by atoms with Crippen molar-refractivity contribution in [3.05, 3.63) is 44.6 Å². The number of rotatable bonds is 4. The molecule has 4 heteroatoms. The van der Waals surface area contributed by atoms with E-state index in [1.54, 1.807) is 23.6 Å². The molecule has 0 fully saturated rings. The Kier molecular flexibility index (Phi) is 4.52. The quantitative estimate of drug-likeness (QED) is 0.812. The van der Waals surface area contributed by atoms with Crippen molar-refractivity contribution >= 4 is 11.3 Å². The monoisotopic (exact) mass is 371 g/mol. The van der Waals surface area contributed by atoms with E-state index >= 15 is 0 Å². The van der Waals surface area contributed by atoms with E-state index in [9.17, 15) is 5.11 Å². The summed E-state index contributed by atoms with van der Waals surface area (Å²) < 4.78 is 5.49. The number of nitrogens with zero attached hydrogens (tertiary/aromatic N) is 1. The van der Waals surface area contributed by atoms with Crippen molar-refractivity contribution in [1.29, 1.82) is 0 Å². The average molecular weight is 372 g/mol. The Morgan fingerprint density at radius 2 is 2.15 bits per heavy atom. The Morgan fingerprint density at radius 3 is 2.88 bits per heavy atom. The number of aromatic hydroxyl groups is 1. The molecular formula is C22H29NO2S. The molecule has 0 aliphatic carbocycles. The zero-order valence-electron chi connectivity index (χ0n) is 16.3. The third-order valence-corrected chi connectivity index (χ3v) is 7.45. The van der Waals surface area contributed by atoms with Gasteiger partial charge in [-0.15, -0.1) is 11.3 Å². The normalized spacial score (nSPS) is 19.6. The summed E-state index contributed by atoms with van der Waals surface area (Å²) in [5.74, 6) is 0.907. The summed E-state index contributed by atoms with van der Waals surface area (Å²) in [7, 11) is 1.65. The Labute approximate surface area is 160 Å². The molecule has 3 nitrogen and oxygen atoms in total. The van der Waals surface area contributed by atoms with Gasteiger partial charge in [-0.2, -0.15) is 0 Å². The van der Waals surface area contributed by atoms with Crippen molar-refractivity contribution in [1.82, 2.24) is 4.90 Å². The molecule has 1 N–H and O–H groups in total. The highest BCUT2D eigenvalue weighted by Crippen LogP contribution is 2.45. The average Bonchev–Trinajstić information content (AvgIpc) is 3.02. The highest BCUT2D eigenvalue weighted by molar-refractivity contribution is 7.12. The summed E-state index contributed by atoms with van der Waals surface area (Å²) in [6.07, 6.45) is 4.53. The molecule has 0 saturated heterocycles. The van der Waals surface area contributed by atoms with Crippen LogP contribution in [-0.4, -0.2) is 23.7 Å². The van der Waals surface area contributed by atoms with Crippen LogP contribution in [0, 0.1) is 5.41 Å². The number of thiophene rings is 1. The molecule has 2 aliphatic rings. The molecule has 0 unspecified atom stereocenters. The first kappa shape index (κ1) is 17.9. The molecular weight excluding hydrogens is 342 g/mol. The Morgan fingerprint density at radius 1 is 1.35 bits per heavy atom. The van der Waals surface area contributed by atoms with Gasteiger partial charge >= 0.3 is 0 Å². The third kappa shape index (κ3) is 3.03. The van der Waals surface area contributed by atoms with E-state index in [0.717, 1.165) is 31.5 Å². The summed E-state index contributed by atoms with van der Waals surface area (Å²) in [5.41, 5.74) is 4.39. The number of ether oxygens (including phenoxy) is 1. The second kappa shape index (κ2) is 6.58. The number of hydrogen-bond donors (Lipinski definition) is 1. The van der Waals surface area contributed by atoms with Crippen molar-refractivity contribution in [2.24, 2.45) is 5.41 Å². The molecule has 2 aliphatic heterocycles. The van der Waals surface area contributed by atoms with Gasteiger partial charge in [0.15, 0.2) is 11.5 Å². The molecule has 0 saturated carbocycles. The Balaban J connectivity index is 1.66. The van der Waals surface area contributed by atoms with Crippen molar-refractivity contribution in [3.8, 4) is 11.5 Å². The van der Waals surface area contributed by atoms with E-state index in [1.807, 2.05) is 11.3 Å². The van der Waals surface area contributed by atoms with E-state index < -0.39 is 0 Å². The topological polar surface area (TPSA) is 32.7 Å². The minimum atomic E-state index is 0.252. The highest BCUT2D eigenvalue weighted by atomic mass is 32.1. The molecule has 2 aromatic rings. The van der Waals surface area contributed by atoms with Gasteiger partial charge in [0.2, 0.25) is 0 Å². The van der Waals surface area contributed by atoms with Crippen molar-refractivity contribution < 1.29 is 9.84 Å². The van der Waals surface area contributed by atoms with Gasteiger partial charge in [0, 0.05) is 34.4 Å². The van der Waals surface area contributed by atoms with E-state index in [1.165, 1.54) is 23.3 Å². The second-order valence-electron chi connectivity index (χ2n) is 8.48. The lowest BCUT2D eigenvalue weighted by atomic mass is 9.84. The number of benzene rings is 1. The summed E-state index contributed by atoms with van der Waals surface area (Å²) >= 11 is 2.03. The lowest BCUT2D eigenvalue weighted by molar-refractivity contribution is 0.159. The lowest BCUT2D eigenvalue weighted by Crippen LogP contribution is -2.38. The maximum atomic E-state index is 10.1. The van der Waals surface area contributed by atoms with Gasteiger partial charge in [0.1, 0.15) is 0 Å². The standard InChI is InChI=1S/C22H29NO2S/c1-5-22(2,3)12-15-11-16-18-10-14-6-7-19(24)21(25-4)17(14)13-23(18)9-8-20(16)26-15/h6-7,11,18,24H,5,8-10,12-13H2,1-4H3/t18-/m0/s1. The fraction of sp³-hybridized carbons (Fsp3) is 0.545. The molecule has 140 valence electrons. The number of fused-ring (bicyclic) bond motifs is 4. The fourth-order valence-corrected chi connectivity index (χ4v) is 5.82. The van der Waals surface area contributed by atoms with Crippen LogP contribution < -0.4 is 4.74 Å². The maximum absolute atomic E-state index is 10.1. The van der Waals surface area contributed by atoms with Gasteiger partial charge in [-0.3, -0.25) is 4.90 Å². The van der Waals surface area contributed by atoms with Crippen molar-refractivity contribution in [2.45, 2.75) is 59.0 Å². The van der Waals surface area contributed by atoms with Gasteiger partial charge in [0.25, 0.3) is 0 Å². The fourth-order valence-electron chi connectivity index (χ4n) is 4.35. The van der Waals surface area contributed by atoms with E-state index in [2.05, 4.69) is 37.8 Å². The van der Waals surface area contributed by atoms with Gasteiger partial charge in [-0.05, 0) is 47.9 Å². The van der Waals surface area contributed by atoms with E-state index in [4.69, 9.17) is 4.74 Å². The van der Waals surface area contributed by atoms with Crippen molar-refractivity contribution in [3.63, 3.8) is 0 Å². The van der Waals surface area contributed by atoms with Crippen LogP contribution in [0.5, 0.6) is 11.5 Å². The molecule has 0 spiro atoms. The number of phenols is 1. The van der Waals surface area contributed by atoms with Gasteiger partial charge < -0.3 is 9.84 Å². The van der Waals surface area contributed by atoms with Crippen LogP contribution >= 0.6 is 11.3 Å². The molecule has 4 rings (SSSR count). The molecule has 1 aromatic carbocycles. The molecule has 3 heterocycles. The number of hydrogen-bond acceptors (Lipinski definition) is 4. The third-order valence-electron chi connectivity index (χ3n) is 6.24. The lowest BCUT2D eigenvalue weighted by Gasteiger charge is -2.40. The van der Waals surface area contributed by atoms with Crippen molar-refractivity contribution in [2.75, 3.05) is 13.7 Å². The molecule has 0 amide bonds. The van der Waals surface area contributed by atoms with E-state index in [-0.39, 0.29) is 5.75 Å². The largest absolute Gasteiger partial charge is 0.504 e. The molecule has 1 atom stereocenters. The van der Waals surface area contributed by atoms with Crippen LogP contribution in [-0.2, 0) is 25.8 Å². The first-order chi connectivity index (χ1) is 12.4. The van der Waals surface area contributed by atoms with E-state index in [0.29, 0.717) is 17.2 Å². The minimum absolute atomic E-state index is 0.252. The smallest absolute Gasteiger partial charge is 0.165 e. The van der Waals surface area contributed by atoms with Gasteiger partial charge in [0.05, 0.1) is 7.11 Å². The van der Waals surface area contributed by atoms with Crippen LogP contribution in [0.4, 0.5) is 0 Å². The summed E-state index contributed by atoms with van der Waals surface area (Å²) in [5, 5.41) is 10.1. The van der Waals surface area contributed by atoms with Crippen LogP contribution in [0.3, 0.4) is 0 Å². The summed E-state index contributed by atoms with van der Waals surface area (Å²) in [6.45, 7) is 8.98. The van der Waals surface area contributed by atoms with Gasteiger partial charge in [-0.1, -0.05) is 33.3 Å². The van der Waals surface area contributed by atoms with Gasteiger partial charge in [-0.25, -0.2) is 0 Å². The maximum Gasteiger partial charge on any atom is 0.165 e. The summed E-state index contributed by atoms with van der Waals surface area (Å²) in [6, 6.07) is 6.80. The molecule has 0 radical (unpaired) electrons. The summed E-state index contributed by atoms with van der Waals surface area (Å²) in [4.78, 5) is 5.69. The number of phenolic OH excluding ortho intramolecular Hbond substituents is 1. The van der Waals surface area contributed by atoms with Crippen LogP contribution in [0.1, 0.15) is 59.7 Å². The molecule has 0 bridgehead atoms. The minimum Gasteiger partial charge on any atom is -0.504 e. The molecule has 1 aromatic heterocycles. The SMILES string of the molecule is CCC(C)(C)Cc1cc2c(s1)CCN1Cc3c(ccc(O)c3OC)C[C@@H]21. The zero-order chi connectivity index (χ0) is 18.5. The molecule has 26 heavy (non-hydrogen) atoms. The first-order valence-electron chi connectivity index (χ1n) is 9.65. The predicted octanol–water partition coefficient (Wildman–Crippen LogP) is 5.10. The van der Waals surface area contributed by atoms with Crippen LogP contribution in [0.2, 0.25) is 0 Å².